The molecule has 0 aliphatic rings. The standard InChI is InChI=1S/C16H20O2S/c1-12(2)18-10-15(17)11-19-16-8-7-13-5-3-4-6-14(13)9-16/h3-9,12,15,17H,10-11H2,1-2H3. The average Bonchev–Trinajstić information content (AvgIpc) is 2.42. The number of thioether (sulfide) groups is 1. The van der Waals surface area contributed by atoms with Gasteiger partial charge in [0, 0.05) is 10.6 Å². The summed E-state index contributed by atoms with van der Waals surface area (Å²) >= 11 is 1.67. The molecule has 0 saturated heterocycles. The van der Waals surface area contributed by atoms with Crippen LogP contribution in [0.2, 0.25) is 0 Å². The van der Waals surface area contributed by atoms with E-state index in [9.17, 15) is 5.11 Å². The zero-order chi connectivity index (χ0) is 13.7. The molecule has 0 fully saturated rings. The van der Waals surface area contributed by atoms with Gasteiger partial charge in [0.25, 0.3) is 0 Å². The number of hydrogen-bond donors (Lipinski definition) is 1. The van der Waals surface area contributed by atoms with Gasteiger partial charge in [-0.15, -0.1) is 11.8 Å². The van der Waals surface area contributed by atoms with E-state index in [4.69, 9.17) is 4.74 Å². The molecule has 0 aliphatic carbocycles. The van der Waals surface area contributed by atoms with Gasteiger partial charge in [0.2, 0.25) is 0 Å². The number of benzene rings is 2. The van der Waals surface area contributed by atoms with Crippen LogP contribution in [-0.2, 0) is 4.74 Å². The second-order valence-electron chi connectivity index (χ2n) is 4.86. The van der Waals surface area contributed by atoms with Crippen LogP contribution < -0.4 is 0 Å². The molecular formula is C16H20O2S. The van der Waals surface area contributed by atoms with E-state index in [-0.39, 0.29) is 6.10 Å². The number of hydrogen-bond acceptors (Lipinski definition) is 3. The van der Waals surface area contributed by atoms with Gasteiger partial charge in [-0.2, -0.15) is 0 Å². The molecule has 0 aromatic heterocycles. The minimum absolute atomic E-state index is 0.167. The molecule has 2 nitrogen and oxygen atoms in total. The second kappa shape index (κ2) is 6.94. The Kier molecular flexibility index (Phi) is 5.25. The summed E-state index contributed by atoms with van der Waals surface area (Å²) in [5, 5.41) is 12.3. The maximum absolute atomic E-state index is 9.83. The predicted octanol–water partition coefficient (Wildman–Crippen LogP) is 3.72. The van der Waals surface area contributed by atoms with Crippen LogP contribution in [0.1, 0.15) is 13.8 Å². The molecule has 1 N–H and O–H groups in total. The lowest BCUT2D eigenvalue weighted by atomic mass is 10.1. The Morgan fingerprint density at radius 1 is 1.11 bits per heavy atom. The lowest BCUT2D eigenvalue weighted by Gasteiger charge is -2.13. The first-order valence-corrected chi connectivity index (χ1v) is 7.55. The average molecular weight is 276 g/mol. The number of ether oxygens (including phenoxy) is 1. The third kappa shape index (κ3) is 4.53. The second-order valence-corrected chi connectivity index (χ2v) is 5.95. The minimum Gasteiger partial charge on any atom is -0.390 e. The molecule has 0 radical (unpaired) electrons. The van der Waals surface area contributed by atoms with Crippen LogP contribution in [0.5, 0.6) is 0 Å². The molecule has 0 amide bonds. The number of fused-ring (bicyclic) bond motifs is 1. The fourth-order valence-electron chi connectivity index (χ4n) is 1.80. The van der Waals surface area contributed by atoms with Crippen LogP contribution in [0, 0.1) is 0 Å². The highest BCUT2D eigenvalue weighted by Crippen LogP contribution is 2.24. The van der Waals surface area contributed by atoms with Gasteiger partial charge in [0.05, 0.1) is 18.8 Å². The van der Waals surface area contributed by atoms with Crippen molar-refractivity contribution in [3.05, 3.63) is 42.5 Å². The van der Waals surface area contributed by atoms with Gasteiger partial charge in [-0.25, -0.2) is 0 Å². The van der Waals surface area contributed by atoms with Gasteiger partial charge in [-0.05, 0) is 36.8 Å². The molecule has 1 unspecified atom stereocenters. The molecule has 1 atom stereocenters. The van der Waals surface area contributed by atoms with Gasteiger partial charge in [-0.3, -0.25) is 0 Å². The van der Waals surface area contributed by atoms with E-state index >= 15 is 0 Å². The highest BCUT2D eigenvalue weighted by molar-refractivity contribution is 7.99. The van der Waals surface area contributed by atoms with E-state index in [0.29, 0.717) is 12.4 Å². The molecule has 19 heavy (non-hydrogen) atoms. The highest BCUT2D eigenvalue weighted by Gasteiger charge is 2.07. The van der Waals surface area contributed by atoms with Crippen molar-refractivity contribution in [2.45, 2.75) is 31.0 Å². The van der Waals surface area contributed by atoms with Crippen LogP contribution in [0.4, 0.5) is 0 Å². The van der Waals surface area contributed by atoms with Crippen molar-refractivity contribution in [3.8, 4) is 0 Å². The zero-order valence-electron chi connectivity index (χ0n) is 11.4. The maximum atomic E-state index is 9.83. The quantitative estimate of drug-likeness (QED) is 0.815. The smallest absolute Gasteiger partial charge is 0.0867 e. The molecule has 0 spiro atoms. The Hall–Kier alpha value is -1.03. The van der Waals surface area contributed by atoms with Crippen molar-refractivity contribution in [1.82, 2.24) is 0 Å². The summed E-state index contributed by atoms with van der Waals surface area (Å²) in [5.41, 5.74) is 0. The van der Waals surface area contributed by atoms with Crippen molar-refractivity contribution in [1.29, 1.82) is 0 Å². The largest absolute Gasteiger partial charge is 0.390 e. The Morgan fingerprint density at radius 2 is 1.84 bits per heavy atom. The normalized spacial score (nSPS) is 13.1. The third-order valence-corrected chi connectivity index (χ3v) is 3.92. The molecule has 2 rings (SSSR count). The van der Waals surface area contributed by atoms with E-state index in [2.05, 4.69) is 30.3 Å². The van der Waals surface area contributed by atoms with Crippen molar-refractivity contribution in [3.63, 3.8) is 0 Å². The molecule has 3 heteroatoms. The van der Waals surface area contributed by atoms with E-state index in [1.807, 2.05) is 26.0 Å². The first kappa shape index (κ1) is 14.4. The van der Waals surface area contributed by atoms with Crippen LogP contribution >= 0.6 is 11.8 Å². The Morgan fingerprint density at radius 3 is 2.58 bits per heavy atom. The monoisotopic (exact) mass is 276 g/mol. The zero-order valence-corrected chi connectivity index (χ0v) is 12.2. The first-order chi connectivity index (χ1) is 9.15. The van der Waals surface area contributed by atoms with Crippen molar-refractivity contribution < 1.29 is 9.84 Å². The van der Waals surface area contributed by atoms with Crippen molar-refractivity contribution in [2.75, 3.05) is 12.4 Å². The molecule has 2 aromatic carbocycles. The summed E-state index contributed by atoms with van der Waals surface area (Å²) in [6, 6.07) is 14.7. The summed E-state index contributed by atoms with van der Waals surface area (Å²) in [5.74, 6) is 0.658. The molecular weight excluding hydrogens is 256 g/mol. The number of rotatable bonds is 6. The van der Waals surface area contributed by atoms with Crippen molar-refractivity contribution >= 4 is 22.5 Å². The number of aliphatic hydroxyl groups excluding tert-OH is 1. The van der Waals surface area contributed by atoms with E-state index in [1.54, 1.807) is 11.8 Å². The Bertz CT molecular complexity index is 525. The van der Waals surface area contributed by atoms with Gasteiger partial charge in [0.1, 0.15) is 0 Å². The maximum Gasteiger partial charge on any atom is 0.0867 e. The summed E-state index contributed by atoms with van der Waals surface area (Å²) in [6.45, 7) is 4.35. The Labute approximate surface area is 118 Å². The Balaban J connectivity index is 1.90. The highest BCUT2D eigenvalue weighted by atomic mass is 32.2. The molecule has 0 heterocycles. The van der Waals surface area contributed by atoms with E-state index in [1.165, 1.54) is 15.7 Å². The van der Waals surface area contributed by atoms with Crippen molar-refractivity contribution in [2.24, 2.45) is 0 Å². The fourth-order valence-corrected chi connectivity index (χ4v) is 2.66. The summed E-state index contributed by atoms with van der Waals surface area (Å²) in [6.07, 6.45) is -0.251. The van der Waals surface area contributed by atoms with Crippen LogP contribution in [-0.4, -0.2) is 29.7 Å². The van der Waals surface area contributed by atoms with E-state index < -0.39 is 6.10 Å². The van der Waals surface area contributed by atoms with Gasteiger partial charge >= 0.3 is 0 Å². The molecule has 0 aliphatic heterocycles. The van der Waals surface area contributed by atoms with Gasteiger partial charge < -0.3 is 9.84 Å². The summed E-state index contributed by atoms with van der Waals surface area (Å²) < 4.78 is 5.40. The van der Waals surface area contributed by atoms with Gasteiger partial charge in [-0.1, -0.05) is 30.3 Å². The van der Waals surface area contributed by atoms with E-state index in [0.717, 1.165) is 0 Å². The minimum atomic E-state index is -0.418. The lowest BCUT2D eigenvalue weighted by molar-refractivity contribution is 0.0152. The van der Waals surface area contributed by atoms with Crippen LogP contribution in [0.3, 0.4) is 0 Å². The SMILES string of the molecule is CC(C)OCC(O)CSc1ccc2ccccc2c1. The molecule has 2 aromatic rings. The summed E-state index contributed by atoms with van der Waals surface area (Å²) in [4.78, 5) is 1.18. The first-order valence-electron chi connectivity index (χ1n) is 6.56. The topological polar surface area (TPSA) is 29.5 Å². The molecule has 0 bridgehead atoms. The van der Waals surface area contributed by atoms with Crippen LogP contribution in [0.15, 0.2) is 47.4 Å². The molecule has 0 saturated carbocycles. The molecule has 102 valence electrons. The third-order valence-electron chi connectivity index (χ3n) is 2.79. The van der Waals surface area contributed by atoms with Crippen LogP contribution in [0.25, 0.3) is 10.8 Å². The summed E-state index contributed by atoms with van der Waals surface area (Å²) in [7, 11) is 0. The predicted molar refractivity (Wildman–Crippen MR) is 81.8 cm³/mol. The lowest BCUT2D eigenvalue weighted by Crippen LogP contribution is -2.20. The number of aliphatic hydroxyl groups is 1. The van der Waals surface area contributed by atoms with Gasteiger partial charge in [0.15, 0.2) is 0 Å². The fraction of sp³-hybridized carbons (Fsp3) is 0.375.